The lowest BCUT2D eigenvalue weighted by Crippen LogP contribution is -2.29. The van der Waals surface area contributed by atoms with Gasteiger partial charge in [-0.05, 0) is 11.6 Å². The van der Waals surface area contributed by atoms with Gasteiger partial charge in [0.2, 0.25) is 15.9 Å². The van der Waals surface area contributed by atoms with Crippen molar-refractivity contribution in [2.24, 2.45) is 0 Å². The minimum atomic E-state index is -3.85. The molecule has 0 aliphatic rings. The van der Waals surface area contributed by atoms with Gasteiger partial charge in [0.25, 0.3) is 0 Å². The van der Waals surface area contributed by atoms with Crippen LogP contribution in [0, 0.1) is 0 Å². The molecule has 0 radical (unpaired) electrons. The third-order valence-corrected chi connectivity index (χ3v) is 3.18. The van der Waals surface area contributed by atoms with E-state index < -0.39 is 27.7 Å². The first-order valence-corrected chi connectivity index (χ1v) is 6.29. The van der Waals surface area contributed by atoms with Gasteiger partial charge in [-0.2, -0.15) is 0 Å². The molecule has 0 aliphatic heterocycles. The van der Waals surface area contributed by atoms with E-state index >= 15 is 0 Å². The Labute approximate surface area is 98.3 Å². The molecule has 0 atom stereocenters. The lowest BCUT2D eigenvalue weighted by atomic mass is 10.1. The van der Waals surface area contributed by atoms with Gasteiger partial charge in [-0.25, -0.2) is 13.2 Å². The maximum Gasteiger partial charge on any atom is 0.335 e. The lowest BCUT2D eigenvalue weighted by molar-refractivity contribution is -0.117. The topological polar surface area (TPSA) is 101 Å². The van der Waals surface area contributed by atoms with Crippen molar-refractivity contribution in [3.05, 3.63) is 35.4 Å². The standard InChI is InChI=1S/C10H11NO5S/c1-7(12)11-17(15,16)6-8-4-2-3-5-9(8)10(13)14/h2-5H,6H2,1H3,(H,11,12)(H,13,14). The van der Waals surface area contributed by atoms with Gasteiger partial charge >= 0.3 is 5.97 Å². The van der Waals surface area contributed by atoms with Gasteiger partial charge in [-0.1, -0.05) is 18.2 Å². The van der Waals surface area contributed by atoms with Crippen LogP contribution in [0.15, 0.2) is 24.3 Å². The highest BCUT2D eigenvalue weighted by Crippen LogP contribution is 2.11. The van der Waals surface area contributed by atoms with E-state index in [2.05, 4.69) is 0 Å². The zero-order valence-corrected chi connectivity index (χ0v) is 9.82. The van der Waals surface area contributed by atoms with Gasteiger partial charge in [0.1, 0.15) is 0 Å². The average Bonchev–Trinajstić information content (AvgIpc) is 2.14. The highest BCUT2D eigenvalue weighted by Gasteiger charge is 2.17. The molecule has 17 heavy (non-hydrogen) atoms. The second-order valence-electron chi connectivity index (χ2n) is 3.38. The van der Waals surface area contributed by atoms with Crippen LogP contribution in [0.2, 0.25) is 0 Å². The lowest BCUT2D eigenvalue weighted by Gasteiger charge is -2.07. The smallest absolute Gasteiger partial charge is 0.335 e. The summed E-state index contributed by atoms with van der Waals surface area (Å²) in [6.45, 7) is 1.07. The van der Waals surface area contributed by atoms with E-state index in [0.29, 0.717) is 0 Å². The molecule has 0 bridgehead atoms. The number of amides is 1. The molecule has 0 fully saturated rings. The Hall–Kier alpha value is -1.89. The third kappa shape index (κ3) is 3.87. The van der Waals surface area contributed by atoms with Crippen LogP contribution >= 0.6 is 0 Å². The van der Waals surface area contributed by atoms with Crippen LogP contribution in [0.5, 0.6) is 0 Å². The Morgan fingerprint density at radius 2 is 1.88 bits per heavy atom. The molecule has 0 unspecified atom stereocenters. The summed E-state index contributed by atoms with van der Waals surface area (Å²) in [6, 6.07) is 5.73. The van der Waals surface area contributed by atoms with Gasteiger partial charge in [0, 0.05) is 6.92 Å². The van der Waals surface area contributed by atoms with Gasteiger partial charge < -0.3 is 5.11 Å². The minimum absolute atomic E-state index is 0.0959. The number of sulfonamides is 1. The number of carbonyl (C=O) groups is 2. The first-order chi connectivity index (χ1) is 7.82. The fourth-order valence-electron chi connectivity index (χ4n) is 1.31. The number of carbonyl (C=O) groups excluding carboxylic acids is 1. The van der Waals surface area contributed by atoms with Crippen molar-refractivity contribution < 1.29 is 23.1 Å². The van der Waals surface area contributed by atoms with Gasteiger partial charge in [-0.15, -0.1) is 0 Å². The highest BCUT2D eigenvalue weighted by molar-refractivity contribution is 7.89. The summed E-state index contributed by atoms with van der Waals surface area (Å²) in [6.07, 6.45) is 0. The Kier molecular flexibility index (Phi) is 3.84. The van der Waals surface area contributed by atoms with Gasteiger partial charge in [0.15, 0.2) is 0 Å². The summed E-state index contributed by atoms with van der Waals surface area (Å²) in [4.78, 5) is 21.5. The molecule has 1 amide bonds. The summed E-state index contributed by atoms with van der Waals surface area (Å²) in [5.74, 6) is -2.47. The number of aromatic carboxylic acids is 1. The molecule has 0 aliphatic carbocycles. The molecule has 0 saturated carbocycles. The normalized spacial score (nSPS) is 10.9. The van der Waals surface area contributed by atoms with Crippen molar-refractivity contribution >= 4 is 21.9 Å². The molecule has 1 rings (SSSR count). The summed E-state index contributed by atoms with van der Waals surface area (Å²) in [7, 11) is -3.85. The molecule has 0 heterocycles. The highest BCUT2D eigenvalue weighted by atomic mass is 32.2. The fraction of sp³-hybridized carbons (Fsp3) is 0.200. The van der Waals surface area contributed by atoms with E-state index in [-0.39, 0.29) is 11.1 Å². The first kappa shape index (κ1) is 13.2. The van der Waals surface area contributed by atoms with E-state index in [0.717, 1.165) is 6.92 Å². The second kappa shape index (κ2) is 4.96. The monoisotopic (exact) mass is 257 g/mol. The summed E-state index contributed by atoms with van der Waals surface area (Å²) in [5.41, 5.74) is 0.0372. The predicted octanol–water partition coefficient (Wildman–Crippen LogP) is 0.351. The SMILES string of the molecule is CC(=O)NS(=O)(=O)Cc1ccccc1C(=O)O. The third-order valence-electron chi connectivity index (χ3n) is 1.89. The number of benzene rings is 1. The molecule has 0 spiro atoms. The summed E-state index contributed by atoms with van der Waals surface area (Å²) in [5, 5.41) is 8.86. The molecular formula is C10H11NO5S. The van der Waals surface area contributed by atoms with Crippen LogP contribution in [0.1, 0.15) is 22.8 Å². The zero-order valence-electron chi connectivity index (χ0n) is 9.00. The van der Waals surface area contributed by atoms with E-state index in [1.165, 1.54) is 24.3 Å². The minimum Gasteiger partial charge on any atom is -0.478 e. The van der Waals surface area contributed by atoms with Gasteiger partial charge in [0.05, 0.1) is 11.3 Å². The Bertz CT molecular complexity index is 550. The van der Waals surface area contributed by atoms with Crippen LogP contribution in [0.3, 0.4) is 0 Å². The number of nitrogens with one attached hydrogen (secondary N) is 1. The Morgan fingerprint density at radius 1 is 1.29 bits per heavy atom. The molecule has 1 aromatic rings. The van der Waals surface area contributed by atoms with Crippen molar-refractivity contribution in [1.29, 1.82) is 0 Å². The van der Waals surface area contributed by atoms with Crippen LogP contribution in [-0.2, 0) is 20.6 Å². The molecule has 0 saturated heterocycles. The van der Waals surface area contributed by atoms with E-state index in [1.807, 2.05) is 0 Å². The maximum atomic E-state index is 11.5. The predicted molar refractivity (Wildman–Crippen MR) is 59.8 cm³/mol. The number of carboxylic acid groups (broad SMARTS) is 1. The van der Waals surface area contributed by atoms with Crippen molar-refractivity contribution in [2.45, 2.75) is 12.7 Å². The number of rotatable bonds is 4. The summed E-state index contributed by atoms with van der Waals surface area (Å²) < 4.78 is 24.7. The molecular weight excluding hydrogens is 246 g/mol. The van der Waals surface area contributed by atoms with Crippen LogP contribution in [0.4, 0.5) is 0 Å². The number of carboxylic acids is 1. The molecule has 0 aromatic heterocycles. The molecule has 92 valence electrons. The van der Waals surface area contributed by atoms with Crippen molar-refractivity contribution in [3.63, 3.8) is 0 Å². The first-order valence-electron chi connectivity index (χ1n) is 4.64. The largest absolute Gasteiger partial charge is 0.478 e. The quantitative estimate of drug-likeness (QED) is 0.810. The van der Waals surface area contributed by atoms with E-state index in [1.54, 1.807) is 4.72 Å². The van der Waals surface area contributed by atoms with Crippen molar-refractivity contribution in [2.75, 3.05) is 0 Å². The number of hydrogen-bond donors (Lipinski definition) is 2. The van der Waals surface area contributed by atoms with Gasteiger partial charge in [-0.3, -0.25) is 9.52 Å². The zero-order chi connectivity index (χ0) is 13.1. The summed E-state index contributed by atoms with van der Waals surface area (Å²) >= 11 is 0. The van der Waals surface area contributed by atoms with Crippen LogP contribution in [0.25, 0.3) is 0 Å². The second-order valence-corrected chi connectivity index (χ2v) is 5.10. The molecule has 7 heteroatoms. The van der Waals surface area contributed by atoms with Crippen molar-refractivity contribution in [1.82, 2.24) is 4.72 Å². The average molecular weight is 257 g/mol. The van der Waals surface area contributed by atoms with Crippen molar-refractivity contribution in [3.8, 4) is 0 Å². The Balaban J connectivity index is 3.04. The van der Waals surface area contributed by atoms with Crippen LogP contribution in [-0.4, -0.2) is 25.4 Å². The Morgan fingerprint density at radius 3 is 2.41 bits per heavy atom. The molecule has 2 N–H and O–H groups in total. The van der Waals surface area contributed by atoms with Crippen LogP contribution < -0.4 is 4.72 Å². The van der Waals surface area contributed by atoms with E-state index in [4.69, 9.17) is 5.11 Å². The molecule has 6 nitrogen and oxygen atoms in total. The fourth-order valence-corrected chi connectivity index (χ4v) is 2.49. The maximum absolute atomic E-state index is 11.5. The van der Waals surface area contributed by atoms with E-state index in [9.17, 15) is 18.0 Å². The molecule has 1 aromatic carbocycles. The number of hydrogen-bond acceptors (Lipinski definition) is 4.